The summed E-state index contributed by atoms with van der Waals surface area (Å²) in [4.78, 5) is 25.3. The van der Waals surface area contributed by atoms with Crippen molar-refractivity contribution in [2.24, 2.45) is 0 Å². The quantitative estimate of drug-likeness (QED) is 0.774. The van der Waals surface area contributed by atoms with Gasteiger partial charge in [0.05, 0.1) is 15.7 Å². The number of aromatic nitrogens is 2. The minimum absolute atomic E-state index is 0.0296. The summed E-state index contributed by atoms with van der Waals surface area (Å²) in [5.74, 6) is 0. The zero-order valence-corrected chi connectivity index (χ0v) is 12.9. The highest BCUT2D eigenvalue weighted by Crippen LogP contribution is 2.32. The largest absolute Gasteiger partial charge is 0.416 e. The Balaban J connectivity index is 2.58. The first-order valence-corrected chi connectivity index (χ1v) is 6.94. The normalized spacial score (nSPS) is 11.7. The van der Waals surface area contributed by atoms with Gasteiger partial charge in [0.1, 0.15) is 0 Å². The highest BCUT2D eigenvalue weighted by Gasteiger charge is 2.33. The molecule has 0 fully saturated rings. The van der Waals surface area contributed by atoms with Crippen molar-refractivity contribution in [1.29, 1.82) is 0 Å². The number of H-pyrrole nitrogens is 1. The molecule has 8 heteroatoms. The smallest absolute Gasteiger partial charge is 0.292 e. The number of nitrogens with one attached hydrogen (secondary N) is 1. The highest BCUT2D eigenvalue weighted by molar-refractivity contribution is 14.1. The van der Waals surface area contributed by atoms with E-state index in [1.165, 1.54) is 25.1 Å². The second-order valence-corrected chi connectivity index (χ2v) is 5.48. The Morgan fingerprint density at radius 3 is 2.48 bits per heavy atom. The van der Waals surface area contributed by atoms with E-state index in [1.54, 1.807) is 22.6 Å². The van der Waals surface area contributed by atoms with Crippen LogP contribution in [-0.2, 0) is 12.7 Å². The van der Waals surface area contributed by atoms with Crippen LogP contribution in [0.15, 0.2) is 33.9 Å². The van der Waals surface area contributed by atoms with E-state index >= 15 is 0 Å². The van der Waals surface area contributed by atoms with E-state index in [-0.39, 0.29) is 15.7 Å². The van der Waals surface area contributed by atoms with Gasteiger partial charge in [0.2, 0.25) is 0 Å². The number of benzene rings is 1. The second-order valence-electron chi connectivity index (χ2n) is 4.40. The van der Waals surface area contributed by atoms with Crippen molar-refractivity contribution in [3.63, 3.8) is 0 Å². The minimum Gasteiger partial charge on any atom is -0.292 e. The number of rotatable bonds is 2. The molecule has 2 aromatic rings. The third-order valence-corrected chi connectivity index (χ3v) is 4.31. The van der Waals surface area contributed by atoms with Gasteiger partial charge in [-0.15, -0.1) is 0 Å². The summed E-state index contributed by atoms with van der Waals surface area (Å²) < 4.78 is 40.2. The van der Waals surface area contributed by atoms with Crippen LogP contribution in [0.1, 0.15) is 16.8 Å². The molecule has 0 amide bonds. The lowest BCUT2D eigenvalue weighted by Gasteiger charge is -2.15. The summed E-state index contributed by atoms with van der Waals surface area (Å²) in [6, 6.07) is 5.04. The maximum atomic E-state index is 12.9. The van der Waals surface area contributed by atoms with E-state index in [0.29, 0.717) is 5.69 Å². The summed E-state index contributed by atoms with van der Waals surface area (Å²) in [6.45, 7) is 1.27. The molecular formula is C13H10F3IN2O2. The Morgan fingerprint density at radius 2 is 1.86 bits per heavy atom. The molecule has 1 aromatic heterocycles. The average molecular weight is 410 g/mol. The fourth-order valence-electron chi connectivity index (χ4n) is 1.95. The fraction of sp³-hybridized carbons (Fsp3) is 0.231. The third kappa shape index (κ3) is 3.20. The molecule has 0 aliphatic rings. The molecule has 112 valence electrons. The molecule has 0 aliphatic carbocycles. The van der Waals surface area contributed by atoms with Crippen LogP contribution in [0.25, 0.3) is 0 Å². The van der Waals surface area contributed by atoms with Crippen molar-refractivity contribution in [1.82, 2.24) is 9.55 Å². The SMILES string of the molecule is Cc1c(I)c(=O)[nH]c(=O)n1Cc1ccccc1C(F)(F)F. The number of hydrogen-bond acceptors (Lipinski definition) is 2. The Bertz CT molecular complexity index is 793. The molecule has 21 heavy (non-hydrogen) atoms. The molecule has 2 rings (SSSR count). The van der Waals surface area contributed by atoms with Crippen LogP contribution in [0.2, 0.25) is 0 Å². The lowest BCUT2D eigenvalue weighted by Crippen LogP contribution is -2.34. The molecule has 0 atom stereocenters. The molecule has 1 heterocycles. The van der Waals surface area contributed by atoms with Crippen molar-refractivity contribution < 1.29 is 13.2 Å². The number of hydrogen-bond donors (Lipinski definition) is 1. The van der Waals surface area contributed by atoms with E-state index in [4.69, 9.17) is 0 Å². The molecular weight excluding hydrogens is 400 g/mol. The van der Waals surface area contributed by atoms with E-state index in [0.717, 1.165) is 10.6 Å². The van der Waals surface area contributed by atoms with Gasteiger partial charge in [-0.05, 0) is 41.1 Å². The molecule has 0 saturated carbocycles. The van der Waals surface area contributed by atoms with Gasteiger partial charge in [0, 0.05) is 5.69 Å². The first kappa shape index (κ1) is 15.8. The molecule has 0 saturated heterocycles. The number of halogens is 4. The van der Waals surface area contributed by atoms with E-state index in [9.17, 15) is 22.8 Å². The van der Waals surface area contributed by atoms with Crippen LogP contribution >= 0.6 is 22.6 Å². The number of alkyl halides is 3. The summed E-state index contributed by atoms with van der Waals surface area (Å²) in [7, 11) is 0. The van der Waals surface area contributed by atoms with Crippen molar-refractivity contribution in [2.75, 3.05) is 0 Å². The second kappa shape index (κ2) is 5.66. The lowest BCUT2D eigenvalue weighted by molar-refractivity contribution is -0.138. The van der Waals surface area contributed by atoms with Gasteiger partial charge in [-0.2, -0.15) is 13.2 Å². The Morgan fingerprint density at radius 1 is 1.24 bits per heavy atom. The van der Waals surface area contributed by atoms with Gasteiger partial charge in [-0.25, -0.2) is 4.79 Å². The topological polar surface area (TPSA) is 54.9 Å². The van der Waals surface area contributed by atoms with Crippen molar-refractivity contribution in [3.05, 3.63) is 65.5 Å². The zero-order chi connectivity index (χ0) is 15.8. The molecule has 4 nitrogen and oxygen atoms in total. The van der Waals surface area contributed by atoms with Crippen LogP contribution in [0.5, 0.6) is 0 Å². The fourth-order valence-corrected chi connectivity index (χ4v) is 2.38. The van der Waals surface area contributed by atoms with Gasteiger partial charge >= 0.3 is 11.9 Å². The summed E-state index contributed by atoms with van der Waals surface area (Å²) in [5, 5.41) is 0. The van der Waals surface area contributed by atoms with Crippen LogP contribution in [0, 0.1) is 10.5 Å². The Labute approximate surface area is 130 Å². The molecule has 0 unspecified atom stereocenters. The van der Waals surface area contributed by atoms with E-state index < -0.39 is 23.0 Å². The Hall–Kier alpha value is -1.58. The van der Waals surface area contributed by atoms with Gasteiger partial charge < -0.3 is 0 Å². The van der Waals surface area contributed by atoms with Gasteiger partial charge in [-0.1, -0.05) is 18.2 Å². The number of aromatic amines is 1. The predicted octanol–water partition coefficient (Wildman–Crippen LogP) is 2.52. The summed E-state index contributed by atoms with van der Waals surface area (Å²) in [6.07, 6.45) is -4.50. The van der Waals surface area contributed by atoms with Crippen LogP contribution in [0.3, 0.4) is 0 Å². The highest BCUT2D eigenvalue weighted by atomic mass is 127. The molecule has 0 aliphatic heterocycles. The monoisotopic (exact) mass is 410 g/mol. The maximum absolute atomic E-state index is 12.9. The van der Waals surface area contributed by atoms with E-state index in [1.807, 2.05) is 0 Å². The van der Waals surface area contributed by atoms with Crippen molar-refractivity contribution >= 4 is 22.6 Å². The van der Waals surface area contributed by atoms with Crippen LogP contribution < -0.4 is 11.2 Å². The van der Waals surface area contributed by atoms with Crippen LogP contribution in [-0.4, -0.2) is 9.55 Å². The maximum Gasteiger partial charge on any atom is 0.416 e. The summed E-state index contributed by atoms with van der Waals surface area (Å²) in [5.41, 5.74) is -1.76. The van der Waals surface area contributed by atoms with Gasteiger partial charge in [0.15, 0.2) is 0 Å². The molecule has 0 spiro atoms. The molecule has 0 radical (unpaired) electrons. The first-order chi connectivity index (χ1) is 9.71. The molecule has 0 bridgehead atoms. The first-order valence-electron chi connectivity index (χ1n) is 5.86. The summed E-state index contributed by atoms with van der Waals surface area (Å²) >= 11 is 1.75. The van der Waals surface area contributed by atoms with Gasteiger partial charge in [-0.3, -0.25) is 14.3 Å². The van der Waals surface area contributed by atoms with Crippen LogP contribution in [0.4, 0.5) is 13.2 Å². The van der Waals surface area contributed by atoms with E-state index in [2.05, 4.69) is 4.98 Å². The van der Waals surface area contributed by atoms with Crippen molar-refractivity contribution in [3.8, 4) is 0 Å². The Kier molecular flexibility index (Phi) is 4.26. The van der Waals surface area contributed by atoms with Gasteiger partial charge in [0.25, 0.3) is 5.56 Å². The molecule has 1 N–H and O–H groups in total. The minimum atomic E-state index is -4.50. The van der Waals surface area contributed by atoms with Crippen molar-refractivity contribution in [2.45, 2.75) is 19.6 Å². The lowest BCUT2D eigenvalue weighted by atomic mass is 10.1. The standard InChI is InChI=1S/C13H10F3IN2O2/c1-7-10(17)11(20)18-12(21)19(7)6-8-4-2-3-5-9(8)13(14,15)16/h2-5H,6H2,1H3,(H,18,20,21). The zero-order valence-electron chi connectivity index (χ0n) is 10.8. The number of nitrogens with zero attached hydrogens (tertiary/aromatic N) is 1. The predicted molar refractivity (Wildman–Crippen MR) is 79.3 cm³/mol. The third-order valence-electron chi connectivity index (χ3n) is 3.04. The molecule has 1 aromatic carbocycles. The average Bonchev–Trinajstić information content (AvgIpc) is 2.40.